The van der Waals surface area contributed by atoms with E-state index in [0.29, 0.717) is 6.42 Å². The van der Waals surface area contributed by atoms with E-state index < -0.39 is 5.60 Å². The van der Waals surface area contributed by atoms with Gasteiger partial charge in [-0.1, -0.05) is 117 Å². The van der Waals surface area contributed by atoms with Crippen LogP contribution in [0.4, 0.5) is 0 Å². The van der Waals surface area contributed by atoms with Crippen LogP contribution < -0.4 is 0 Å². The highest BCUT2D eigenvalue weighted by molar-refractivity contribution is 9.10. The summed E-state index contributed by atoms with van der Waals surface area (Å²) in [5.41, 5.74) is 3.24. The van der Waals surface area contributed by atoms with E-state index in [1.165, 1.54) is 11.1 Å². The second-order valence-electron chi connectivity index (χ2n) is 8.31. The standard InChI is InChI=1S/C29H27Br2NO/c30-27-15-11-25(12-16-27)29(33,26-13-17-28(31)18-14-26)19-20-32(21-23-7-3-1-4-8-23)22-24-9-5-2-6-10-24/h1-18,33H,19-22H2. The third-order valence-electron chi connectivity index (χ3n) is 5.93. The van der Waals surface area contributed by atoms with Crippen LogP contribution in [0.1, 0.15) is 28.7 Å². The van der Waals surface area contributed by atoms with Crippen LogP contribution in [0.15, 0.2) is 118 Å². The minimum absolute atomic E-state index is 0.579. The predicted molar refractivity (Wildman–Crippen MR) is 143 cm³/mol. The van der Waals surface area contributed by atoms with Crippen molar-refractivity contribution in [1.82, 2.24) is 4.90 Å². The van der Waals surface area contributed by atoms with Gasteiger partial charge in [-0.05, 0) is 52.9 Å². The monoisotopic (exact) mass is 563 g/mol. The number of hydrogen-bond donors (Lipinski definition) is 1. The average molecular weight is 565 g/mol. The van der Waals surface area contributed by atoms with Crippen molar-refractivity contribution in [3.05, 3.63) is 140 Å². The summed E-state index contributed by atoms with van der Waals surface area (Å²) >= 11 is 7.04. The van der Waals surface area contributed by atoms with Gasteiger partial charge in [-0.25, -0.2) is 0 Å². The molecule has 0 atom stereocenters. The van der Waals surface area contributed by atoms with Crippen molar-refractivity contribution in [3.63, 3.8) is 0 Å². The van der Waals surface area contributed by atoms with Crippen molar-refractivity contribution < 1.29 is 5.11 Å². The number of benzene rings is 4. The number of nitrogens with zero attached hydrogens (tertiary/aromatic N) is 1. The van der Waals surface area contributed by atoms with Gasteiger partial charge in [-0.3, -0.25) is 4.90 Å². The highest BCUT2D eigenvalue weighted by Gasteiger charge is 2.32. The summed E-state index contributed by atoms with van der Waals surface area (Å²) in [5, 5.41) is 12.1. The summed E-state index contributed by atoms with van der Waals surface area (Å²) in [6, 6.07) is 37.0. The van der Waals surface area contributed by atoms with Crippen molar-refractivity contribution in [3.8, 4) is 0 Å². The molecular formula is C29H27Br2NO. The van der Waals surface area contributed by atoms with Gasteiger partial charge in [0.1, 0.15) is 5.60 Å². The summed E-state index contributed by atoms with van der Waals surface area (Å²) in [6.07, 6.45) is 0.579. The van der Waals surface area contributed by atoms with Crippen molar-refractivity contribution in [1.29, 1.82) is 0 Å². The van der Waals surface area contributed by atoms with Crippen molar-refractivity contribution in [2.45, 2.75) is 25.1 Å². The van der Waals surface area contributed by atoms with Gasteiger partial charge < -0.3 is 5.11 Å². The second-order valence-corrected chi connectivity index (χ2v) is 10.1. The molecule has 0 spiro atoms. The molecule has 0 aliphatic carbocycles. The van der Waals surface area contributed by atoms with Crippen LogP contribution in [-0.2, 0) is 18.7 Å². The minimum Gasteiger partial charge on any atom is -0.380 e. The van der Waals surface area contributed by atoms with Crippen LogP contribution in [0, 0.1) is 0 Å². The quantitative estimate of drug-likeness (QED) is 0.227. The van der Waals surface area contributed by atoms with Crippen LogP contribution in [-0.4, -0.2) is 16.6 Å². The number of hydrogen-bond acceptors (Lipinski definition) is 2. The topological polar surface area (TPSA) is 23.5 Å². The van der Waals surface area contributed by atoms with Crippen molar-refractivity contribution in [2.75, 3.05) is 6.54 Å². The summed E-state index contributed by atoms with van der Waals surface area (Å²) in [5.74, 6) is 0. The predicted octanol–water partition coefficient (Wildman–Crippen LogP) is 7.54. The fraction of sp³-hybridized carbons (Fsp3) is 0.172. The Morgan fingerprint density at radius 1 is 0.576 bits per heavy atom. The van der Waals surface area contributed by atoms with Gasteiger partial charge in [-0.2, -0.15) is 0 Å². The Morgan fingerprint density at radius 2 is 0.970 bits per heavy atom. The second kappa shape index (κ2) is 11.3. The largest absolute Gasteiger partial charge is 0.380 e. The molecule has 0 aromatic heterocycles. The first-order valence-electron chi connectivity index (χ1n) is 11.1. The molecule has 0 aliphatic rings. The van der Waals surface area contributed by atoms with Gasteiger partial charge in [-0.15, -0.1) is 0 Å². The van der Waals surface area contributed by atoms with E-state index in [1.807, 2.05) is 60.7 Å². The molecule has 0 aliphatic heterocycles. The molecule has 0 saturated heterocycles. The van der Waals surface area contributed by atoms with Crippen molar-refractivity contribution >= 4 is 31.9 Å². The third kappa shape index (κ3) is 6.42. The first-order chi connectivity index (χ1) is 16.0. The maximum Gasteiger partial charge on any atom is 0.116 e. The lowest BCUT2D eigenvalue weighted by Gasteiger charge is -2.33. The molecule has 33 heavy (non-hydrogen) atoms. The van der Waals surface area contributed by atoms with Gasteiger partial charge in [0.15, 0.2) is 0 Å². The zero-order valence-electron chi connectivity index (χ0n) is 18.4. The number of aliphatic hydroxyl groups is 1. The fourth-order valence-electron chi connectivity index (χ4n) is 4.12. The molecule has 4 heteroatoms. The lowest BCUT2D eigenvalue weighted by atomic mass is 9.83. The first kappa shape index (κ1) is 23.9. The molecule has 168 valence electrons. The third-order valence-corrected chi connectivity index (χ3v) is 6.99. The molecule has 0 radical (unpaired) electrons. The molecule has 4 aromatic rings. The highest BCUT2D eigenvalue weighted by Crippen LogP contribution is 2.35. The zero-order chi connectivity index (χ0) is 23.1. The summed E-state index contributed by atoms with van der Waals surface area (Å²) < 4.78 is 2.00. The van der Waals surface area contributed by atoms with E-state index in [0.717, 1.165) is 39.7 Å². The van der Waals surface area contributed by atoms with Crippen LogP contribution in [0.5, 0.6) is 0 Å². The van der Waals surface area contributed by atoms with Crippen LogP contribution in [0.2, 0.25) is 0 Å². The summed E-state index contributed by atoms with van der Waals surface area (Å²) in [6.45, 7) is 2.39. The van der Waals surface area contributed by atoms with Gasteiger partial charge in [0.25, 0.3) is 0 Å². The first-order valence-corrected chi connectivity index (χ1v) is 12.7. The van der Waals surface area contributed by atoms with E-state index in [-0.39, 0.29) is 0 Å². The van der Waals surface area contributed by atoms with E-state index in [1.54, 1.807) is 0 Å². The normalized spacial score (nSPS) is 11.6. The molecule has 4 rings (SSSR count). The zero-order valence-corrected chi connectivity index (χ0v) is 21.5. The summed E-state index contributed by atoms with van der Waals surface area (Å²) in [4.78, 5) is 2.41. The molecule has 0 saturated carbocycles. The maximum absolute atomic E-state index is 12.1. The molecule has 1 N–H and O–H groups in total. The maximum atomic E-state index is 12.1. The molecule has 0 amide bonds. The van der Waals surface area contributed by atoms with E-state index in [4.69, 9.17) is 0 Å². The minimum atomic E-state index is -1.09. The van der Waals surface area contributed by atoms with Crippen LogP contribution in [0.3, 0.4) is 0 Å². The van der Waals surface area contributed by atoms with Crippen LogP contribution in [0.25, 0.3) is 0 Å². The van der Waals surface area contributed by atoms with Gasteiger partial charge in [0, 0.05) is 28.6 Å². The Labute approximate surface area is 213 Å². The number of halogens is 2. The lowest BCUT2D eigenvalue weighted by Crippen LogP contribution is -2.34. The average Bonchev–Trinajstić information content (AvgIpc) is 2.84. The number of rotatable bonds is 9. The van der Waals surface area contributed by atoms with E-state index >= 15 is 0 Å². The van der Waals surface area contributed by atoms with E-state index in [9.17, 15) is 5.11 Å². The Hall–Kier alpha value is -2.24. The fourth-order valence-corrected chi connectivity index (χ4v) is 4.65. The molecule has 0 bridgehead atoms. The van der Waals surface area contributed by atoms with Crippen molar-refractivity contribution in [2.24, 2.45) is 0 Å². The lowest BCUT2D eigenvalue weighted by molar-refractivity contribution is 0.0549. The summed E-state index contributed by atoms with van der Waals surface area (Å²) in [7, 11) is 0. The molecule has 0 unspecified atom stereocenters. The Kier molecular flexibility index (Phi) is 8.15. The Bertz CT molecular complexity index is 1040. The molecule has 0 heterocycles. The molecular weight excluding hydrogens is 538 g/mol. The van der Waals surface area contributed by atoms with Gasteiger partial charge in [0.05, 0.1) is 0 Å². The molecule has 0 fully saturated rings. The Morgan fingerprint density at radius 3 is 1.36 bits per heavy atom. The van der Waals surface area contributed by atoms with Gasteiger partial charge >= 0.3 is 0 Å². The van der Waals surface area contributed by atoms with E-state index in [2.05, 4.69) is 85.3 Å². The van der Waals surface area contributed by atoms with Gasteiger partial charge in [0.2, 0.25) is 0 Å². The SMILES string of the molecule is OC(CCN(Cc1ccccc1)Cc1ccccc1)(c1ccc(Br)cc1)c1ccc(Br)cc1. The molecule has 2 nitrogen and oxygen atoms in total. The van der Waals surface area contributed by atoms with Crippen LogP contribution >= 0.6 is 31.9 Å². The molecule has 4 aromatic carbocycles. The Balaban J connectivity index is 1.62. The highest BCUT2D eigenvalue weighted by atomic mass is 79.9. The smallest absolute Gasteiger partial charge is 0.116 e.